The van der Waals surface area contributed by atoms with Crippen LogP contribution < -0.4 is 0 Å². The van der Waals surface area contributed by atoms with Crippen LogP contribution in [0.5, 0.6) is 0 Å². The van der Waals surface area contributed by atoms with Crippen molar-refractivity contribution in [2.75, 3.05) is 0 Å². The van der Waals surface area contributed by atoms with Crippen molar-refractivity contribution in [2.45, 2.75) is 33.6 Å². The van der Waals surface area contributed by atoms with Gasteiger partial charge in [0, 0.05) is 0 Å². The highest BCUT2D eigenvalue weighted by molar-refractivity contribution is 5.25. The molecule has 0 saturated heterocycles. The molecule has 0 heteroatoms. The zero-order valence-corrected chi connectivity index (χ0v) is 8.30. The Morgan fingerprint density at radius 2 is 1.83 bits per heavy atom. The molecule has 66 valence electrons. The van der Waals surface area contributed by atoms with Crippen molar-refractivity contribution in [3.05, 3.63) is 35.4 Å². The molecule has 0 aliphatic carbocycles. The Morgan fingerprint density at radius 3 is 2.42 bits per heavy atom. The van der Waals surface area contributed by atoms with Gasteiger partial charge in [-0.1, -0.05) is 38.1 Å². The van der Waals surface area contributed by atoms with Crippen LogP contribution in [0.15, 0.2) is 24.3 Å². The fourth-order valence-electron chi connectivity index (χ4n) is 1.33. The van der Waals surface area contributed by atoms with E-state index in [0.717, 1.165) is 5.92 Å². The van der Waals surface area contributed by atoms with Crippen molar-refractivity contribution in [1.82, 2.24) is 0 Å². The van der Waals surface area contributed by atoms with E-state index < -0.39 is 0 Å². The van der Waals surface area contributed by atoms with Gasteiger partial charge in [-0.3, -0.25) is 0 Å². The van der Waals surface area contributed by atoms with Gasteiger partial charge in [0.25, 0.3) is 0 Å². The standard InChI is InChI=1S/C12H18/c1-10(2)8-9-12-7-5-4-6-11(12)3/h4-7,10H,8-9H2,1-3H3. The van der Waals surface area contributed by atoms with Crippen molar-refractivity contribution in [1.29, 1.82) is 0 Å². The van der Waals surface area contributed by atoms with E-state index in [4.69, 9.17) is 0 Å². The lowest BCUT2D eigenvalue weighted by atomic mass is 9.99. The van der Waals surface area contributed by atoms with E-state index in [1.54, 1.807) is 0 Å². The van der Waals surface area contributed by atoms with Crippen LogP contribution in [-0.4, -0.2) is 0 Å². The molecule has 0 aromatic heterocycles. The SMILES string of the molecule is Cc1ccccc1CCC(C)C. The predicted molar refractivity (Wildman–Crippen MR) is 54.3 cm³/mol. The van der Waals surface area contributed by atoms with E-state index in [1.807, 2.05) is 0 Å². The van der Waals surface area contributed by atoms with E-state index in [1.165, 1.54) is 24.0 Å². The van der Waals surface area contributed by atoms with Crippen LogP contribution in [0, 0.1) is 12.8 Å². The summed E-state index contributed by atoms with van der Waals surface area (Å²) in [5.74, 6) is 0.810. The summed E-state index contributed by atoms with van der Waals surface area (Å²) in [6, 6.07) is 8.66. The molecule has 0 saturated carbocycles. The Hall–Kier alpha value is -0.780. The molecular formula is C12H18. The number of hydrogen-bond donors (Lipinski definition) is 0. The van der Waals surface area contributed by atoms with E-state index in [-0.39, 0.29) is 0 Å². The maximum atomic E-state index is 2.28. The topological polar surface area (TPSA) is 0 Å². The van der Waals surface area contributed by atoms with Crippen molar-refractivity contribution in [2.24, 2.45) is 5.92 Å². The molecule has 0 aliphatic rings. The van der Waals surface area contributed by atoms with Crippen molar-refractivity contribution >= 4 is 0 Å². The molecule has 0 amide bonds. The first-order valence-corrected chi connectivity index (χ1v) is 4.74. The minimum absolute atomic E-state index is 0.810. The number of benzene rings is 1. The van der Waals surface area contributed by atoms with Gasteiger partial charge >= 0.3 is 0 Å². The quantitative estimate of drug-likeness (QED) is 0.637. The van der Waals surface area contributed by atoms with Gasteiger partial charge in [-0.25, -0.2) is 0 Å². The first-order valence-electron chi connectivity index (χ1n) is 4.74. The highest BCUT2D eigenvalue weighted by atomic mass is 14.0. The Bertz CT molecular complexity index is 236. The summed E-state index contributed by atoms with van der Waals surface area (Å²) < 4.78 is 0. The lowest BCUT2D eigenvalue weighted by Crippen LogP contribution is -1.93. The molecule has 1 rings (SSSR count). The summed E-state index contributed by atoms with van der Waals surface area (Å²) in [5, 5.41) is 0. The Kier molecular flexibility index (Phi) is 3.33. The van der Waals surface area contributed by atoms with E-state index in [2.05, 4.69) is 45.0 Å². The molecule has 0 atom stereocenters. The van der Waals surface area contributed by atoms with Crippen molar-refractivity contribution < 1.29 is 0 Å². The first kappa shape index (κ1) is 9.31. The second-order valence-corrected chi connectivity index (χ2v) is 3.86. The number of aryl methyl sites for hydroxylation is 2. The Morgan fingerprint density at radius 1 is 1.17 bits per heavy atom. The zero-order chi connectivity index (χ0) is 8.97. The van der Waals surface area contributed by atoms with Gasteiger partial charge in [0.2, 0.25) is 0 Å². The van der Waals surface area contributed by atoms with E-state index in [0.29, 0.717) is 0 Å². The third-order valence-electron chi connectivity index (χ3n) is 2.25. The molecular weight excluding hydrogens is 144 g/mol. The minimum atomic E-state index is 0.810. The van der Waals surface area contributed by atoms with Crippen LogP contribution in [0.4, 0.5) is 0 Å². The van der Waals surface area contributed by atoms with Gasteiger partial charge in [-0.05, 0) is 36.8 Å². The second-order valence-electron chi connectivity index (χ2n) is 3.86. The maximum absolute atomic E-state index is 2.28. The summed E-state index contributed by atoms with van der Waals surface area (Å²) >= 11 is 0. The summed E-state index contributed by atoms with van der Waals surface area (Å²) in [6.45, 7) is 6.74. The molecule has 0 heterocycles. The first-order chi connectivity index (χ1) is 5.70. The lowest BCUT2D eigenvalue weighted by molar-refractivity contribution is 0.586. The molecule has 0 radical (unpaired) electrons. The van der Waals surface area contributed by atoms with Crippen molar-refractivity contribution in [3.63, 3.8) is 0 Å². The van der Waals surface area contributed by atoms with E-state index in [9.17, 15) is 0 Å². The van der Waals surface area contributed by atoms with Crippen LogP contribution in [0.1, 0.15) is 31.4 Å². The molecule has 0 bridgehead atoms. The Balaban J connectivity index is 2.57. The summed E-state index contributed by atoms with van der Waals surface area (Å²) in [7, 11) is 0. The molecule has 1 aromatic carbocycles. The van der Waals surface area contributed by atoms with Gasteiger partial charge in [-0.2, -0.15) is 0 Å². The third kappa shape index (κ3) is 2.69. The van der Waals surface area contributed by atoms with E-state index >= 15 is 0 Å². The zero-order valence-electron chi connectivity index (χ0n) is 8.30. The Labute approximate surface area is 75.6 Å². The van der Waals surface area contributed by atoms with Gasteiger partial charge in [0.1, 0.15) is 0 Å². The summed E-state index contributed by atoms with van der Waals surface area (Å²) in [4.78, 5) is 0. The fourth-order valence-corrected chi connectivity index (χ4v) is 1.33. The van der Waals surface area contributed by atoms with Gasteiger partial charge in [0.05, 0.1) is 0 Å². The molecule has 12 heavy (non-hydrogen) atoms. The molecule has 0 fully saturated rings. The number of hydrogen-bond acceptors (Lipinski definition) is 0. The van der Waals surface area contributed by atoms with Gasteiger partial charge < -0.3 is 0 Å². The highest BCUT2D eigenvalue weighted by Gasteiger charge is 1.98. The molecule has 0 aliphatic heterocycles. The maximum Gasteiger partial charge on any atom is -0.0274 e. The molecule has 0 N–H and O–H groups in total. The molecule has 0 unspecified atom stereocenters. The smallest absolute Gasteiger partial charge is 0.0274 e. The number of rotatable bonds is 3. The van der Waals surface area contributed by atoms with Gasteiger partial charge in [-0.15, -0.1) is 0 Å². The lowest BCUT2D eigenvalue weighted by Gasteiger charge is -2.06. The van der Waals surface area contributed by atoms with Crippen LogP contribution in [-0.2, 0) is 6.42 Å². The van der Waals surface area contributed by atoms with Crippen molar-refractivity contribution in [3.8, 4) is 0 Å². The van der Waals surface area contributed by atoms with Crippen LogP contribution in [0.3, 0.4) is 0 Å². The highest BCUT2D eigenvalue weighted by Crippen LogP contribution is 2.12. The molecule has 0 nitrogen and oxygen atoms in total. The molecule has 0 spiro atoms. The van der Waals surface area contributed by atoms with Gasteiger partial charge in [0.15, 0.2) is 0 Å². The predicted octanol–water partition coefficient (Wildman–Crippen LogP) is 3.58. The summed E-state index contributed by atoms with van der Waals surface area (Å²) in [5.41, 5.74) is 2.93. The largest absolute Gasteiger partial charge is 0.0628 e. The normalized spacial score (nSPS) is 10.7. The molecule has 1 aromatic rings. The fraction of sp³-hybridized carbons (Fsp3) is 0.500. The average Bonchev–Trinajstić information content (AvgIpc) is 2.03. The van der Waals surface area contributed by atoms with Crippen LogP contribution >= 0.6 is 0 Å². The van der Waals surface area contributed by atoms with Crippen LogP contribution in [0.2, 0.25) is 0 Å². The minimum Gasteiger partial charge on any atom is -0.0628 e. The second kappa shape index (κ2) is 4.30. The third-order valence-corrected chi connectivity index (χ3v) is 2.25. The monoisotopic (exact) mass is 162 g/mol. The summed E-state index contributed by atoms with van der Waals surface area (Å²) in [6.07, 6.45) is 2.52. The van der Waals surface area contributed by atoms with Crippen LogP contribution in [0.25, 0.3) is 0 Å². The average molecular weight is 162 g/mol.